The first kappa shape index (κ1) is 35.7. The average Bonchev–Trinajstić information content (AvgIpc) is 2.94. The van der Waals surface area contributed by atoms with Gasteiger partial charge in [-0.05, 0) is 101 Å². The molecule has 2 heteroatoms. The molecule has 39 heavy (non-hydrogen) atoms. The van der Waals surface area contributed by atoms with Crippen LogP contribution in [0.4, 0.5) is 4.39 Å². The molecule has 0 nitrogen and oxygen atoms in total. The van der Waals surface area contributed by atoms with Crippen molar-refractivity contribution in [3.8, 4) is 0 Å². The van der Waals surface area contributed by atoms with Crippen LogP contribution in [-0.4, -0.2) is 18.2 Å². The minimum absolute atomic E-state index is 0.153. The lowest BCUT2D eigenvalue weighted by Crippen LogP contribution is -2.17. The topological polar surface area (TPSA) is 0 Å². The first-order valence-corrected chi connectivity index (χ1v) is 17.3. The molecular formula is C37H61FS. The summed E-state index contributed by atoms with van der Waals surface area (Å²) in [4.78, 5) is 0. The van der Waals surface area contributed by atoms with E-state index in [0.717, 1.165) is 42.4 Å². The molecule has 222 valence electrons. The largest absolute Gasteiger partial charge is 0.246 e. The molecule has 0 N–H and O–H groups in total. The van der Waals surface area contributed by atoms with Gasteiger partial charge in [0.1, 0.15) is 6.67 Å². The van der Waals surface area contributed by atoms with Crippen LogP contribution in [0.5, 0.6) is 0 Å². The molecule has 0 radical (unpaired) electrons. The van der Waals surface area contributed by atoms with Gasteiger partial charge < -0.3 is 0 Å². The molecule has 0 aromatic heterocycles. The molecule has 2 atom stereocenters. The second-order valence-corrected chi connectivity index (χ2v) is 12.9. The normalized spacial score (nSPS) is 21.3. The van der Waals surface area contributed by atoms with Gasteiger partial charge in [0.05, 0.1) is 0 Å². The molecule has 1 aliphatic carbocycles. The predicted molar refractivity (Wildman–Crippen MR) is 178 cm³/mol. The summed E-state index contributed by atoms with van der Waals surface area (Å²) < 4.78 is 14.1. The lowest BCUT2D eigenvalue weighted by atomic mass is 9.81. The summed E-state index contributed by atoms with van der Waals surface area (Å²) in [6, 6.07) is 0. The summed E-state index contributed by atoms with van der Waals surface area (Å²) in [6.07, 6.45) is 40.3. The Kier molecular flexibility index (Phi) is 21.5. The standard InChI is InChI=1S/C37H61FS/c1-7-10-13-20-35(36-25-27-37(39-6)28-26-36)24-23-34(30-38)29-33(16-9-3)19-15-12-14-18-32(17-11-8-2)22-21-31(4)5/h9-10,13-16,18-19,24,29,31-33,36-37H,7-8,11-12,17,20-23,25-28,30H2,1-6H3/b13-10-,16-9-,18-14?,19-15?,34-29-,35-24?. The number of unbranched alkanes of at least 4 members (excludes halogenated alkanes) is 1. The highest BCUT2D eigenvalue weighted by Crippen LogP contribution is 2.36. The van der Waals surface area contributed by atoms with E-state index in [2.05, 4.69) is 102 Å². The van der Waals surface area contributed by atoms with E-state index in [4.69, 9.17) is 0 Å². The van der Waals surface area contributed by atoms with Crippen molar-refractivity contribution < 1.29 is 4.39 Å². The lowest BCUT2D eigenvalue weighted by Gasteiger charge is -2.29. The van der Waals surface area contributed by atoms with Crippen molar-refractivity contribution >= 4 is 11.8 Å². The number of halogens is 1. The Bertz CT molecular complexity index is 773. The zero-order valence-corrected chi connectivity index (χ0v) is 27.2. The van der Waals surface area contributed by atoms with Crippen molar-refractivity contribution in [3.05, 3.63) is 71.9 Å². The number of thioether (sulfide) groups is 1. The summed E-state index contributed by atoms with van der Waals surface area (Å²) in [6.45, 7) is 10.8. The first-order chi connectivity index (χ1) is 19.0. The van der Waals surface area contributed by atoms with Crippen LogP contribution in [0.2, 0.25) is 0 Å². The third kappa shape index (κ3) is 17.2. The molecule has 0 aromatic rings. The quantitative estimate of drug-likeness (QED) is 0.134. The van der Waals surface area contributed by atoms with Crippen LogP contribution in [0.15, 0.2) is 71.9 Å². The van der Waals surface area contributed by atoms with Gasteiger partial charge in [0, 0.05) is 11.2 Å². The van der Waals surface area contributed by atoms with Gasteiger partial charge in [-0.3, -0.25) is 0 Å². The molecule has 1 aliphatic rings. The maximum absolute atomic E-state index is 14.1. The summed E-state index contributed by atoms with van der Waals surface area (Å²) in [5.74, 6) is 2.29. The van der Waals surface area contributed by atoms with E-state index in [1.807, 2.05) is 11.8 Å². The Morgan fingerprint density at radius 1 is 0.897 bits per heavy atom. The molecule has 0 bridgehead atoms. The van der Waals surface area contributed by atoms with E-state index in [-0.39, 0.29) is 12.6 Å². The molecule has 0 heterocycles. The summed E-state index contributed by atoms with van der Waals surface area (Å²) in [5, 5.41) is 0.820. The smallest absolute Gasteiger partial charge is 0.111 e. The minimum Gasteiger partial charge on any atom is -0.246 e. The molecular weight excluding hydrogens is 495 g/mol. The zero-order valence-electron chi connectivity index (χ0n) is 26.3. The molecule has 1 saturated carbocycles. The van der Waals surface area contributed by atoms with Crippen LogP contribution >= 0.6 is 11.8 Å². The van der Waals surface area contributed by atoms with E-state index in [1.165, 1.54) is 63.4 Å². The molecule has 1 fully saturated rings. The van der Waals surface area contributed by atoms with Crippen LogP contribution in [0.3, 0.4) is 0 Å². The van der Waals surface area contributed by atoms with Crippen LogP contribution < -0.4 is 0 Å². The zero-order chi connectivity index (χ0) is 28.7. The Hall–Kier alpha value is -1.28. The van der Waals surface area contributed by atoms with E-state index >= 15 is 0 Å². The van der Waals surface area contributed by atoms with Crippen molar-refractivity contribution in [2.45, 2.75) is 123 Å². The highest BCUT2D eigenvalue weighted by molar-refractivity contribution is 7.99. The molecule has 2 unspecified atom stereocenters. The molecule has 0 aromatic carbocycles. The average molecular weight is 557 g/mol. The highest BCUT2D eigenvalue weighted by Gasteiger charge is 2.22. The van der Waals surface area contributed by atoms with Gasteiger partial charge in [-0.25, -0.2) is 4.39 Å². The number of rotatable bonds is 20. The fourth-order valence-corrected chi connectivity index (χ4v) is 6.25. The van der Waals surface area contributed by atoms with Gasteiger partial charge in [-0.15, -0.1) is 0 Å². The van der Waals surface area contributed by atoms with Crippen molar-refractivity contribution in [1.29, 1.82) is 0 Å². The Labute approximate surface area is 247 Å². The monoisotopic (exact) mass is 556 g/mol. The second-order valence-electron chi connectivity index (χ2n) is 11.8. The van der Waals surface area contributed by atoms with Gasteiger partial charge in [-0.2, -0.15) is 11.8 Å². The lowest BCUT2D eigenvalue weighted by molar-refractivity contribution is 0.406. The second kappa shape index (κ2) is 23.4. The first-order valence-electron chi connectivity index (χ1n) is 16.0. The Balaban J connectivity index is 2.85. The van der Waals surface area contributed by atoms with E-state index in [9.17, 15) is 4.39 Å². The predicted octanol–water partition coefficient (Wildman–Crippen LogP) is 12.4. The van der Waals surface area contributed by atoms with Crippen LogP contribution in [0.25, 0.3) is 0 Å². The maximum Gasteiger partial charge on any atom is 0.111 e. The van der Waals surface area contributed by atoms with Crippen molar-refractivity contribution in [2.75, 3.05) is 12.9 Å². The molecule has 0 spiro atoms. The van der Waals surface area contributed by atoms with Gasteiger partial charge >= 0.3 is 0 Å². The van der Waals surface area contributed by atoms with Gasteiger partial charge in [-0.1, -0.05) is 113 Å². The van der Waals surface area contributed by atoms with Gasteiger partial charge in [0.2, 0.25) is 0 Å². The number of hydrogen-bond donors (Lipinski definition) is 0. The number of alkyl halides is 1. The fourth-order valence-electron chi connectivity index (χ4n) is 5.51. The molecule has 0 aliphatic heterocycles. The SMILES string of the molecule is C/C=C\C(C=CCC=CC(CCCC)CCC(C)C)/C=C(\CF)CC=C(C/C=C\CC)C1CCC(SC)CC1. The fraction of sp³-hybridized carbons (Fsp3) is 0.676. The number of allylic oxidation sites excluding steroid dienone is 12. The van der Waals surface area contributed by atoms with Gasteiger partial charge in [0.15, 0.2) is 0 Å². The molecule has 0 saturated heterocycles. The maximum atomic E-state index is 14.1. The Morgan fingerprint density at radius 3 is 2.26 bits per heavy atom. The highest BCUT2D eigenvalue weighted by atomic mass is 32.2. The third-order valence-corrected chi connectivity index (χ3v) is 9.15. The van der Waals surface area contributed by atoms with Crippen LogP contribution in [-0.2, 0) is 0 Å². The number of hydrogen-bond acceptors (Lipinski definition) is 1. The van der Waals surface area contributed by atoms with E-state index in [0.29, 0.717) is 11.8 Å². The van der Waals surface area contributed by atoms with Crippen molar-refractivity contribution in [3.63, 3.8) is 0 Å². The summed E-state index contributed by atoms with van der Waals surface area (Å²) in [7, 11) is 0. The van der Waals surface area contributed by atoms with Gasteiger partial charge in [0.25, 0.3) is 0 Å². The summed E-state index contributed by atoms with van der Waals surface area (Å²) in [5.41, 5.74) is 2.43. The molecule has 0 amide bonds. The van der Waals surface area contributed by atoms with Crippen LogP contribution in [0.1, 0.15) is 118 Å². The van der Waals surface area contributed by atoms with E-state index in [1.54, 1.807) is 0 Å². The Morgan fingerprint density at radius 2 is 1.64 bits per heavy atom. The van der Waals surface area contributed by atoms with E-state index < -0.39 is 0 Å². The summed E-state index contributed by atoms with van der Waals surface area (Å²) >= 11 is 2.02. The van der Waals surface area contributed by atoms with Crippen molar-refractivity contribution in [1.82, 2.24) is 0 Å². The molecule has 1 rings (SSSR count). The minimum atomic E-state index is -0.370. The third-order valence-electron chi connectivity index (χ3n) is 8.01. The van der Waals surface area contributed by atoms with Crippen molar-refractivity contribution in [2.24, 2.45) is 23.7 Å². The van der Waals surface area contributed by atoms with Crippen LogP contribution in [0, 0.1) is 23.7 Å².